The second-order valence-electron chi connectivity index (χ2n) is 5.89. The number of para-hydroxylation sites is 3. The lowest BCUT2D eigenvalue weighted by Gasteiger charge is -2.13. The second-order valence-corrected chi connectivity index (χ2v) is 6.86. The molecule has 0 unspecified atom stereocenters. The molecule has 1 aromatic heterocycles. The first-order valence-electron chi connectivity index (χ1n) is 8.34. The molecular weight excluding hydrogens is 362 g/mol. The SMILES string of the molecule is Cc1cc(=O)[nH]c(SCC(=O)Nc2ccccc2Oc2ccccc2C)n1. The highest BCUT2D eigenvalue weighted by Crippen LogP contribution is 2.31. The van der Waals surface area contributed by atoms with E-state index < -0.39 is 0 Å². The molecule has 0 saturated heterocycles. The summed E-state index contributed by atoms with van der Waals surface area (Å²) in [7, 11) is 0. The molecule has 2 aromatic carbocycles. The van der Waals surface area contributed by atoms with E-state index in [4.69, 9.17) is 4.74 Å². The number of aromatic nitrogens is 2. The summed E-state index contributed by atoms with van der Waals surface area (Å²) >= 11 is 1.17. The van der Waals surface area contributed by atoms with Crippen molar-refractivity contribution in [2.45, 2.75) is 19.0 Å². The fourth-order valence-electron chi connectivity index (χ4n) is 2.39. The Kier molecular flexibility index (Phi) is 5.93. The van der Waals surface area contributed by atoms with Crippen LogP contribution in [0.15, 0.2) is 64.5 Å². The molecule has 0 fully saturated rings. The van der Waals surface area contributed by atoms with Crippen LogP contribution in [0.2, 0.25) is 0 Å². The minimum atomic E-state index is -0.234. The van der Waals surface area contributed by atoms with E-state index in [-0.39, 0.29) is 17.2 Å². The molecule has 6 nitrogen and oxygen atoms in total. The molecule has 0 atom stereocenters. The fourth-order valence-corrected chi connectivity index (χ4v) is 3.11. The lowest BCUT2D eigenvalue weighted by atomic mass is 10.2. The number of aromatic amines is 1. The highest BCUT2D eigenvalue weighted by atomic mass is 32.2. The Labute approximate surface area is 161 Å². The largest absolute Gasteiger partial charge is 0.455 e. The number of ether oxygens (including phenoxy) is 1. The molecule has 0 saturated carbocycles. The van der Waals surface area contributed by atoms with Crippen molar-refractivity contribution in [1.29, 1.82) is 0 Å². The third kappa shape index (κ3) is 5.21. The third-order valence-electron chi connectivity index (χ3n) is 3.66. The van der Waals surface area contributed by atoms with Crippen LogP contribution >= 0.6 is 11.8 Å². The zero-order chi connectivity index (χ0) is 19.2. The molecule has 138 valence electrons. The Morgan fingerprint density at radius 1 is 1.11 bits per heavy atom. The zero-order valence-corrected chi connectivity index (χ0v) is 15.8. The van der Waals surface area contributed by atoms with Crippen molar-refractivity contribution in [3.05, 3.63) is 76.2 Å². The molecule has 0 aliphatic rings. The van der Waals surface area contributed by atoms with Crippen LogP contribution in [-0.2, 0) is 4.79 Å². The number of nitrogens with zero attached hydrogens (tertiary/aromatic N) is 1. The van der Waals surface area contributed by atoms with Gasteiger partial charge in [-0.1, -0.05) is 42.1 Å². The molecule has 3 aromatic rings. The van der Waals surface area contributed by atoms with Gasteiger partial charge in [-0.2, -0.15) is 0 Å². The summed E-state index contributed by atoms with van der Waals surface area (Å²) in [5.74, 6) is 1.19. The molecule has 1 amide bonds. The number of thioether (sulfide) groups is 1. The molecular formula is C20H19N3O3S. The fraction of sp³-hybridized carbons (Fsp3) is 0.150. The molecule has 0 aliphatic heterocycles. The van der Waals surface area contributed by atoms with Gasteiger partial charge in [-0.15, -0.1) is 0 Å². The smallest absolute Gasteiger partial charge is 0.251 e. The first-order chi connectivity index (χ1) is 13.0. The van der Waals surface area contributed by atoms with Crippen LogP contribution in [0.5, 0.6) is 11.5 Å². The maximum Gasteiger partial charge on any atom is 0.251 e. The van der Waals surface area contributed by atoms with Crippen molar-refractivity contribution < 1.29 is 9.53 Å². The predicted molar refractivity (Wildman–Crippen MR) is 107 cm³/mol. The average Bonchev–Trinajstić information content (AvgIpc) is 2.63. The van der Waals surface area contributed by atoms with E-state index in [1.165, 1.54) is 17.8 Å². The van der Waals surface area contributed by atoms with Crippen LogP contribution in [-0.4, -0.2) is 21.6 Å². The van der Waals surface area contributed by atoms with Gasteiger partial charge in [0.15, 0.2) is 10.9 Å². The quantitative estimate of drug-likeness (QED) is 0.500. The van der Waals surface area contributed by atoms with E-state index in [9.17, 15) is 9.59 Å². The number of hydrogen-bond donors (Lipinski definition) is 2. The van der Waals surface area contributed by atoms with Gasteiger partial charge in [0, 0.05) is 11.8 Å². The Bertz CT molecular complexity index is 1020. The van der Waals surface area contributed by atoms with E-state index >= 15 is 0 Å². The standard InChI is InChI=1S/C20H19N3O3S/c1-13-7-3-5-9-16(13)26-17-10-6-4-8-15(17)22-19(25)12-27-20-21-14(2)11-18(24)23-20/h3-11H,12H2,1-2H3,(H,22,25)(H,21,23,24). The summed E-state index contributed by atoms with van der Waals surface area (Å²) in [6, 6.07) is 16.3. The van der Waals surface area contributed by atoms with Gasteiger partial charge in [-0.25, -0.2) is 4.98 Å². The summed E-state index contributed by atoms with van der Waals surface area (Å²) in [6.07, 6.45) is 0. The Hall–Kier alpha value is -3.06. The monoisotopic (exact) mass is 381 g/mol. The molecule has 0 aliphatic carbocycles. The maximum absolute atomic E-state index is 12.3. The van der Waals surface area contributed by atoms with Crippen molar-refractivity contribution in [2.75, 3.05) is 11.1 Å². The van der Waals surface area contributed by atoms with Crippen LogP contribution in [0.4, 0.5) is 5.69 Å². The van der Waals surface area contributed by atoms with Crippen LogP contribution < -0.4 is 15.6 Å². The topological polar surface area (TPSA) is 84.1 Å². The molecule has 0 spiro atoms. The lowest BCUT2D eigenvalue weighted by molar-refractivity contribution is -0.113. The molecule has 0 radical (unpaired) electrons. The van der Waals surface area contributed by atoms with E-state index in [0.29, 0.717) is 22.3 Å². The Morgan fingerprint density at radius 3 is 2.56 bits per heavy atom. The van der Waals surface area contributed by atoms with Gasteiger partial charge < -0.3 is 15.0 Å². The molecule has 7 heteroatoms. The van der Waals surface area contributed by atoms with Gasteiger partial charge in [0.1, 0.15) is 5.75 Å². The number of carbonyl (C=O) groups is 1. The van der Waals surface area contributed by atoms with E-state index in [2.05, 4.69) is 15.3 Å². The molecule has 0 bridgehead atoms. The van der Waals surface area contributed by atoms with Crippen LogP contribution in [0.3, 0.4) is 0 Å². The summed E-state index contributed by atoms with van der Waals surface area (Å²) in [5.41, 5.74) is 1.96. The minimum Gasteiger partial charge on any atom is -0.455 e. The molecule has 2 N–H and O–H groups in total. The number of nitrogens with one attached hydrogen (secondary N) is 2. The lowest BCUT2D eigenvalue weighted by Crippen LogP contribution is -2.16. The van der Waals surface area contributed by atoms with Crippen LogP contribution in [0, 0.1) is 13.8 Å². The third-order valence-corrected chi connectivity index (χ3v) is 4.54. The summed E-state index contributed by atoms with van der Waals surface area (Å²) in [4.78, 5) is 30.6. The summed E-state index contributed by atoms with van der Waals surface area (Å²) in [6.45, 7) is 3.70. The number of benzene rings is 2. The normalized spacial score (nSPS) is 10.4. The van der Waals surface area contributed by atoms with Gasteiger partial charge in [-0.05, 0) is 37.6 Å². The number of anilines is 1. The Balaban J connectivity index is 1.67. The minimum absolute atomic E-state index is 0.116. The predicted octanol–water partition coefficient (Wildman–Crippen LogP) is 3.91. The molecule has 27 heavy (non-hydrogen) atoms. The van der Waals surface area contributed by atoms with E-state index in [1.807, 2.05) is 43.3 Å². The average molecular weight is 381 g/mol. The van der Waals surface area contributed by atoms with Crippen molar-refractivity contribution in [3.8, 4) is 11.5 Å². The number of hydrogen-bond acceptors (Lipinski definition) is 5. The van der Waals surface area contributed by atoms with Crippen molar-refractivity contribution >= 4 is 23.4 Å². The number of H-pyrrole nitrogens is 1. The first kappa shape index (κ1) is 18.7. The number of aryl methyl sites for hydroxylation is 2. The van der Waals surface area contributed by atoms with Gasteiger partial charge >= 0.3 is 0 Å². The van der Waals surface area contributed by atoms with Gasteiger partial charge in [0.05, 0.1) is 11.4 Å². The van der Waals surface area contributed by atoms with Crippen LogP contribution in [0.25, 0.3) is 0 Å². The summed E-state index contributed by atoms with van der Waals surface area (Å²) in [5, 5.41) is 3.26. The van der Waals surface area contributed by atoms with Crippen molar-refractivity contribution in [3.63, 3.8) is 0 Å². The van der Waals surface area contributed by atoms with Crippen LogP contribution in [0.1, 0.15) is 11.3 Å². The Morgan fingerprint density at radius 2 is 1.81 bits per heavy atom. The number of amides is 1. The number of rotatable bonds is 6. The molecule has 1 heterocycles. The molecule has 3 rings (SSSR count). The highest BCUT2D eigenvalue weighted by Gasteiger charge is 2.11. The van der Waals surface area contributed by atoms with Gasteiger partial charge in [0.2, 0.25) is 5.91 Å². The zero-order valence-electron chi connectivity index (χ0n) is 15.0. The van der Waals surface area contributed by atoms with E-state index in [0.717, 1.165) is 11.3 Å². The van der Waals surface area contributed by atoms with Crippen molar-refractivity contribution in [2.24, 2.45) is 0 Å². The van der Waals surface area contributed by atoms with E-state index in [1.54, 1.807) is 19.1 Å². The van der Waals surface area contributed by atoms with Gasteiger partial charge in [-0.3, -0.25) is 9.59 Å². The summed E-state index contributed by atoms with van der Waals surface area (Å²) < 4.78 is 5.95. The van der Waals surface area contributed by atoms with Crippen molar-refractivity contribution in [1.82, 2.24) is 9.97 Å². The highest BCUT2D eigenvalue weighted by molar-refractivity contribution is 7.99. The van der Waals surface area contributed by atoms with Gasteiger partial charge in [0.25, 0.3) is 5.56 Å². The first-order valence-corrected chi connectivity index (χ1v) is 9.33. The maximum atomic E-state index is 12.3. The second kappa shape index (κ2) is 8.55. The number of carbonyl (C=O) groups excluding carboxylic acids is 1.